The summed E-state index contributed by atoms with van der Waals surface area (Å²) in [6.45, 7) is 0. The van der Waals surface area contributed by atoms with Crippen LogP contribution in [0, 0.1) is 0 Å². The second kappa shape index (κ2) is 11.9. The fourth-order valence-corrected chi connectivity index (χ4v) is 7.50. The molecule has 2 heterocycles. The molecule has 8 aromatic carbocycles. The summed E-state index contributed by atoms with van der Waals surface area (Å²) in [6.07, 6.45) is 0. The van der Waals surface area contributed by atoms with E-state index in [0.717, 1.165) is 94.3 Å². The van der Waals surface area contributed by atoms with Gasteiger partial charge in [-0.15, -0.1) is 0 Å². The number of fused-ring (bicyclic) bond motifs is 6. The summed E-state index contributed by atoms with van der Waals surface area (Å²) in [4.78, 5) is 2.35. The van der Waals surface area contributed by atoms with Crippen LogP contribution in [0.25, 0.3) is 77.3 Å². The van der Waals surface area contributed by atoms with Crippen LogP contribution in [0.1, 0.15) is 0 Å². The summed E-state index contributed by atoms with van der Waals surface area (Å²) in [5.74, 6) is 0. The van der Waals surface area contributed by atoms with Gasteiger partial charge in [-0.2, -0.15) is 0 Å². The Hall–Kier alpha value is -6.84. The van der Waals surface area contributed by atoms with Gasteiger partial charge < -0.3 is 13.7 Å². The molecule has 0 amide bonds. The van der Waals surface area contributed by atoms with Crippen LogP contribution in [0.15, 0.2) is 197 Å². The van der Waals surface area contributed by atoms with Crippen LogP contribution in [0.4, 0.5) is 17.1 Å². The molecule has 0 radical (unpaired) electrons. The summed E-state index contributed by atoms with van der Waals surface area (Å²) in [5, 5.41) is 4.45. The molecule has 0 aliphatic carbocycles. The van der Waals surface area contributed by atoms with Crippen LogP contribution in [0.2, 0.25) is 0 Å². The number of hydrogen-bond acceptors (Lipinski definition) is 3. The van der Waals surface area contributed by atoms with Crippen molar-refractivity contribution in [1.29, 1.82) is 0 Å². The van der Waals surface area contributed by atoms with Gasteiger partial charge in [-0.05, 0) is 76.3 Å². The van der Waals surface area contributed by atoms with E-state index in [1.165, 1.54) is 0 Å². The Bertz CT molecular complexity index is 2850. The fourth-order valence-electron chi connectivity index (χ4n) is 7.50. The summed E-state index contributed by atoms with van der Waals surface area (Å²) in [6, 6.07) is 66.1. The molecule has 3 heteroatoms. The number of furan rings is 2. The lowest BCUT2D eigenvalue weighted by molar-refractivity contribution is 0.668. The van der Waals surface area contributed by atoms with Gasteiger partial charge in [0.15, 0.2) is 5.58 Å². The molecular formula is C48H31NO2. The topological polar surface area (TPSA) is 29.5 Å². The highest BCUT2D eigenvalue weighted by Gasteiger charge is 2.24. The number of rotatable bonds is 6. The molecule has 0 aliphatic rings. The zero-order chi connectivity index (χ0) is 33.7. The Morgan fingerprint density at radius 1 is 0.333 bits per heavy atom. The zero-order valence-corrected chi connectivity index (χ0v) is 27.7. The third-order valence-electron chi connectivity index (χ3n) is 9.90. The van der Waals surface area contributed by atoms with Crippen LogP contribution in [0.3, 0.4) is 0 Å². The third kappa shape index (κ3) is 4.90. The van der Waals surface area contributed by atoms with E-state index in [-0.39, 0.29) is 0 Å². The molecule has 10 rings (SSSR count). The first-order valence-corrected chi connectivity index (χ1v) is 17.3. The van der Waals surface area contributed by atoms with E-state index in [1.54, 1.807) is 0 Å². The molecule has 2 aromatic heterocycles. The molecule has 0 aliphatic heterocycles. The average Bonchev–Trinajstić information content (AvgIpc) is 3.78. The number of nitrogens with zero attached hydrogens (tertiary/aromatic N) is 1. The molecule has 3 nitrogen and oxygen atoms in total. The molecule has 51 heavy (non-hydrogen) atoms. The van der Waals surface area contributed by atoms with Crippen LogP contribution >= 0.6 is 0 Å². The highest BCUT2D eigenvalue weighted by Crippen LogP contribution is 2.48. The minimum absolute atomic E-state index is 0.849. The van der Waals surface area contributed by atoms with Crippen molar-refractivity contribution < 1.29 is 8.83 Å². The summed E-state index contributed by atoms with van der Waals surface area (Å²) in [5.41, 5.74) is 13.5. The Balaban J connectivity index is 1.19. The lowest BCUT2D eigenvalue weighted by atomic mass is 9.97. The SMILES string of the molecule is c1ccc(-c2ccccc2N(c2ccc(-c3ccc4oc5ccccc5c4c3)cc2)c2ccc(-c3ccccc3)c3c2oc2ccccc23)cc1. The Morgan fingerprint density at radius 3 is 1.69 bits per heavy atom. The molecule has 240 valence electrons. The Kier molecular flexibility index (Phi) is 6.81. The van der Waals surface area contributed by atoms with E-state index in [0.29, 0.717) is 0 Å². The number of benzene rings is 8. The van der Waals surface area contributed by atoms with E-state index < -0.39 is 0 Å². The maximum atomic E-state index is 6.83. The smallest absolute Gasteiger partial charge is 0.160 e. The van der Waals surface area contributed by atoms with Gasteiger partial charge in [-0.1, -0.05) is 140 Å². The minimum Gasteiger partial charge on any atom is -0.456 e. The maximum absolute atomic E-state index is 6.83. The summed E-state index contributed by atoms with van der Waals surface area (Å²) >= 11 is 0. The van der Waals surface area contributed by atoms with E-state index in [1.807, 2.05) is 18.2 Å². The molecule has 0 saturated carbocycles. The van der Waals surface area contributed by atoms with Crippen molar-refractivity contribution in [3.8, 4) is 33.4 Å². The van der Waals surface area contributed by atoms with Crippen molar-refractivity contribution in [2.75, 3.05) is 4.90 Å². The molecule has 0 N–H and O–H groups in total. The van der Waals surface area contributed by atoms with Gasteiger partial charge in [0.05, 0.1) is 11.4 Å². The predicted octanol–water partition coefficient (Wildman–Crippen LogP) is 14.0. The van der Waals surface area contributed by atoms with Crippen LogP contribution < -0.4 is 4.90 Å². The van der Waals surface area contributed by atoms with Crippen molar-refractivity contribution >= 4 is 60.9 Å². The van der Waals surface area contributed by atoms with Crippen molar-refractivity contribution in [3.05, 3.63) is 188 Å². The van der Waals surface area contributed by atoms with Gasteiger partial charge in [0.1, 0.15) is 16.7 Å². The van der Waals surface area contributed by atoms with Crippen LogP contribution in [-0.4, -0.2) is 0 Å². The van der Waals surface area contributed by atoms with Gasteiger partial charge >= 0.3 is 0 Å². The number of para-hydroxylation sites is 3. The fraction of sp³-hybridized carbons (Fsp3) is 0. The van der Waals surface area contributed by atoms with Gasteiger partial charge in [0.25, 0.3) is 0 Å². The second-order valence-electron chi connectivity index (χ2n) is 12.9. The molecule has 0 saturated heterocycles. The lowest BCUT2D eigenvalue weighted by Gasteiger charge is -2.28. The Morgan fingerprint density at radius 2 is 0.922 bits per heavy atom. The first-order valence-electron chi connectivity index (χ1n) is 17.3. The average molecular weight is 654 g/mol. The number of anilines is 3. The maximum Gasteiger partial charge on any atom is 0.160 e. The molecule has 10 aromatic rings. The standard InChI is InChI=1S/C48H31NO2/c1-3-13-33(14-4-1)37-17-7-10-20-42(37)49(36-26-23-32(24-27-36)35-25-30-46-41(31-35)39-18-8-11-21-44(39)50-46)43-29-28-38(34-15-5-2-6-16-34)47-40-19-9-12-22-45(40)51-48(43)47/h1-31H. The van der Waals surface area contributed by atoms with Crippen LogP contribution in [0.5, 0.6) is 0 Å². The molecule has 0 bridgehead atoms. The summed E-state index contributed by atoms with van der Waals surface area (Å²) in [7, 11) is 0. The van der Waals surface area contributed by atoms with Crippen LogP contribution in [-0.2, 0) is 0 Å². The molecule has 0 fully saturated rings. The van der Waals surface area contributed by atoms with Crippen molar-refractivity contribution in [3.63, 3.8) is 0 Å². The van der Waals surface area contributed by atoms with Gasteiger partial charge in [0.2, 0.25) is 0 Å². The van der Waals surface area contributed by atoms with E-state index >= 15 is 0 Å². The van der Waals surface area contributed by atoms with Crippen molar-refractivity contribution in [2.45, 2.75) is 0 Å². The summed E-state index contributed by atoms with van der Waals surface area (Å²) < 4.78 is 12.9. The monoisotopic (exact) mass is 653 g/mol. The van der Waals surface area contributed by atoms with Gasteiger partial charge in [0, 0.05) is 32.8 Å². The highest BCUT2D eigenvalue weighted by atomic mass is 16.3. The normalized spacial score (nSPS) is 11.5. The quantitative estimate of drug-likeness (QED) is 0.179. The lowest BCUT2D eigenvalue weighted by Crippen LogP contribution is -2.11. The van der Waals surface area contributed by atoms with Crippen molar-refractivity contribution in [2.24, 2.45) is 0 Å². The zero-order valence-electron chi connectivity index (χ0n) is 27.7. The van der Waals surface area contributed by atoms with E-state index in [4.69, 9.17) is 8.83 Å². The van der Waals surface area contributed by atoms with E-state index in [2.05, 4.69) is 175 Å². The highest BCUT2D eigenvalue weighted by molar-refractivity contribution is 6.17. The molecule has 0 spiro atoms. The minimum atomic E-state index is 0.849. The first-order chi connectivity index (χ1) is 25.3. The number of hydrogen-bond donors (Lipinski definition) is 0. The molecule has 0 atom stereocenters. The van der Waals surface area contributed by atoms with Gasteiger partial charge in [-0.25, -0.2) is 0 Å². The Labute approximate surface area is 295 Å². The van der Waals surface area contributed by atoms with Crippen molar-refractivity contribution in [1.82, 2.24) is 0 Å². The molecule has 0 unspecified atom stereocenters. The first kappa shape index (κ1) is 29.1. The largest absolute Gasteiger partial charge is 0.456 e. The second-order valence-corrected chi connectivity index (χ2v) is 12.9. The predicted molar refractivity (Wildman–Crippen MR) is 212 cm³/mol. The molecular weight excluding hydrogens is 623 g/mol. The third-order valence-corrected chi connectivity index (χ3v) is 9.90. The van der Waals surface area contributed by atoms with Gasteiger partial charge in [-0.3, -0.25) is 0 Å². The van der Waals surface area contributed by atoms with E-state index in [9.17, 15) is 0 Å².